The van der Waals surface area contributed by atoms with Gasteiger partial charge in [0.2, 0.25) is 17.2 Å². The Hall–Kier alpha value is -1.10. The van der Waals surface area contributed by atoms with Crippen molar-refractivity contribution >= 4 is 23.5 Å². The van der Waals surface area contributed by atoms with E-state index in [0.717, 1.165) is 12.5 Å². The molecule has 1 aromatic rings. The van der Waals surface area contributed by atoms with Gasteiger partial charge >= 0.3 is 0 Å². The van der Waals surface area contributed by atoms with E-state index in [-0.39, 0.29) is 11.2 Å². The summed E-state index contributed by atoms with van der Waals surface area (Å²) in [7, 11) is 1.95. The highest BCUT2D eigenvalue weighted by molar-refractivity contribution is 6.28. The maximum atomic E-state index is 5.71. The first kappa shape index (κ1) is 10.4. The van der Waals surface area contributed by atoms with Crippen molar-refractivity contribution in [3.63, 3.8) is 0 Å². The number of hydrogen-bond acceptors (Lipinski definition) is 5. The van der Waals surface area contributed by atoms with Crippen molar-refractivity contribution in [2.45, 2.75) is 19.3 Å². The Morgan fingerprint density at radius 3 is 2.67 bits per heavy atom. The lowest BCUT2D eigenvalue weighted by atomic mass is 9.85. The lowest BCUT2D eigenvalue weighted by Gasteiger charge is -2.30. The third-order valence-electron chi connectivity index (χ3n) is 2.71. The van der Waals surface area contributed by atoms with Crippen molar-refractivity contribution in [1.29, 1.82) is 0 Å². The van der Waals surface area contributed by atoms with Crippen LogP contribution in [0.5, 0.6) is 0 Å². The molecule has 1 heterocycles. The Kier molecular flexibility index (Phi) is 2.90. The van der Waals surface area contributed by atoms with Crippen LogP contribution in [0, 0.1) is 5.92 Å². The van der Waals surface area contributed by atoms with E-state index in [4.69, 9.17) is 17.3 Å². The average Bonchev–Trinajstić information content (AvgIpc) is 2.09. The molecule has 1 aliphatic rings. The summed E-state index contributed by atoms with van der Waals surface area (Å²) in [5.41, 5.74) is 5.50. The molecule has 0 unspecified atom stereocenters. The largest absolute Gasteiger partial charge is 0.368 e. The van der Waals surface area contributed by atoms with Gasteiger partial charge in [0, 0.05) is 13.6 Å². The number of anilines is 2. The van der Waals surface area contributed by atoms with Crippen LogP contribution in [0.3, 0.4) is 0 Å². The van der Waals surface area contributed by atoms with E-state index in [9.17, 15) is 0 Å². The molecule has 0 amide bonds. The Balaban J connectivity index is 2.06. The standard InChI is InChI=1S/C9H14ClN5/c1-15(5-6-3-2-4-6)9-13-7(10)12-8(11)14-9/h6H,2-5H2,1H3,(H2,11,12,13,14). The van der Waals surface area contributed by atoms with Crippen molar-refractivity contribution < 1.29 is 0 Å². The molecular weight excluding hydrogens is 214 g/mol. The van der Waals surface area contributed by atoms with Crippen molar-refractivity contribution in [2.75, 3.05) is 24.2 Å². The molecule has 82 valence electrons. The van der Waals surface area contributed by atoms with Gasteiger partial charge in [0.05, 0.1) is 0 Å². The van der Waals surface area contributed by atoms with Gasteiger partial charge in [0.1, 0.15) is 0 Å². The van der Waals surface area contributed by atoms with E-state index in [1.54, 1.807) is 0 Å². The van der Waals surface area contributed by atoms with E-state index in [0.29, 0.717) is 5.95 Å². The Morgan fingerprint density at radius 2 is 2.13 bits per heavy atom. The minimum Gasteiger partial charge on any atom is -0.368 e. The molecule has 0 atom stereocenters. The molecule has 0 spiro atoms. The molecule has 6 heteroatoms. The smallest absolute Gasteiger partial charge is 0.231 e. The number of nitrogens with two attached hydrogens (primary N) is 1. The second-order valence-corrected chi connectivity index (χ2v) is 4.28. The van der Waals surface area contributed by atoms with Gasteiger partial charge in [-0.15, -0.1) is 0 Å². The third-order valence-corrected chi connectivity index (χ3v) is 2.88. The van der Waals surface area contributed by atoms with Gasteiger partial charge in [-0.25, -0.2) is 0 Å². The normalized spacial score (nSPS) is 16.1. The Labute approximate surface area is 93.7 Å². The quantitative estimate of drug-likeness (QED) is 0.844. The lowest BCUT2D eigenvalue weighted by molar-refractivity contribution is 0.320. The number of nitrogen functional groups attached to an aromatic ring is 1. The van der Waals surface area contributed by atoms with Crippen molar-refractivity contribution in [3.05, 3.63) is 5.28 Å². The minimum atomic E-state index is 0.151. The van der Waals surface area contributed by atoms with Crippen LogP contribution >= 0.6 is 11.6 Å². The van der Waals surface area contributed by atoms with E-state index >= 15 is 0 Å². The SMILES string of the molecule is CN(CC1CCC1)c1nc(N)nc(Cl)n1. The van der Waals surface area contributed by atoms with Gasteiger partial charge in [-0.1, -0.05) is 6.42 Å². The maximum Gasteiger partial charge on any atom is 0.231 e. The van der Waals surface area contributed by atoms with Crippen LogP contribution in [0.1, 0.15) is 19.3 Å². The molecule has 0 bridgehead atoms. The second kappa shape index (κ2) is 4.18. The first-order valence-electron chi connectivity index (χ1n) is 5.03. The van der Waals surface area contributed by atoms with Gasteiger partial charge in [0.15, 0.2) is 0 Å². The van der Waals surface area contributed by atoms with Crippen LogP contribution in [0.25, 0.3) is 0 Å². The van der Waals surface area contributed by atoms with Crippen LogP contribution in [0.4, 0.5) is 11.9 Å². The number of nitrogens with zero attached hydrogens (tertiary/aromatic N) is 4. The summed E-state index contributed by atoms with van der Waals surface area (Å²) in [4.78, 5) is 13.8. The molecule has 0 aliphatic heterocycles. The fraction of sp³-hybridized carbons (Fsp3) is 0.667. The molecule has 1 fully saturated rings. The summed E-state index contributed by atoms with van der Waals surface area (Å²) in [6, 6.07) is 0. The summed E-state index contributed by atoms with van der Waals surface area (Å²) in [6.45, 7) is 0.958. The first-order valence-corrected chi connectivity index (χ1v) is 5.41. The second-order valence-electron chi connectivity index (χ2n) is 3.94. The molecule has 2 rings (SSSR count). The summed E-state index contributed by atoms with van der Waals surface area (Å²) < 4.78 is 0. The van der Waals surface area contributed by atoms with Gasteiger partial charge in [-0.3, -0.25) is 0 Å². The average molecular weight is 228 g/mol. The molecule has 0 aromatic carbocycles. The summed E-state index contributed by atoms with van der Waals surface area (Å²) in [5, 5.41) is 0.151. The number of rotatable bonds is 3. The summed E-state index contributed by atoms with van der Waals surface area (Å²) in [5.74, 6) is 1.48. The molecule has 5 nitrogen and oxygen atoms in total. The Morgan fingerprint density at radius 1 is 1.40 bits per heavy atom. The molecule has 1 saturated carbocycles. The number of hydrogen-bond donors (Lipinski definition) is 1. The van der Waals surface area contributed by atoms with E-state index in [2.05, 4.69) is 15.0 Å². The molecular formula is C9H14ClN5. The lowest BCUT2D eigenvalue weighted by Crippen LogP contribution is -2.30. The monoisotopic (exact) mass is 227 g/mol. The van der Waals surface area contributed by atoms with E-state index in [1.807, 2.05) is 11.9 Å². The van der Waals surface area contributed by atoms with Gasteiger partial charge in [-0.2, -0.15) is 15.0 Å². The van der Waals surface area contributed by atoms with Crippen LogP contribution in [0.15, 0.2) is 0 Å². The predicted octanol–water partition coefficient (Wildman–Crippen LogP) is 1.34. The molecule has 2 N–H and O–H groups in total. The van der Waals surface area contributed by atoms with Gasteiger partial charge < -0.3 is 10.6 Å². The van der Waals surface area contributed by atoms with Crippen LogP contribution < -0.4 is 10.6 Å². The van der Waals surface area contributed by atoms with Gasteiger partial charge in [0.25, 0.3) is 0 Å². The number of aromatic nitrogens is 3. The van der Waals surface area contributed by atoms with Crippen LogP contribution in [-0.4, -0.2) is 28.5 Å². The van der Waals surface area contributed by atoms with Crippen LogP contribution in [0.2, 0.25) is 5.28 Å². The highest BCUT2D eigenvalue weighted by Gasteiger charge is 2.20. The highest BCUT2D eigenvalue weighted by Crippen LogP contribution is 2.27. The summed E-state index contributed by atoms with van der Waals surface area (Å²) >= 11 is 5.71. The molecule has 1 aliphatic carbocycles. The third kappa shape index (κ3) is 2.47. The van der Waals surface area contributed by atoms with E-state index in [1.165, 1.54) is 19.3 Å². The van der Waals surface area contributed by atoms with E-state index < -0.39 is 0 Å². The van der Waals surface area contributed by atoms with Gasteiger partial charge in [-0.05, 0) is 30.4 Å². The zero-order valence-corrected chi connectivity index (χ0v) is 9.41. The number of halogens is 1. The highest BCUT2D eigenvalue weighted by atomic mass is 35.5. The topological polar surface area (TPSA) is 67.9 Å². The first-order chi connectivity index (χ1) is 7.15. The molecule has 0 radical (unpaired) electrons. The molecule has 1 aromatic heterocycles. The zero-order valence-electron chi connectivity index (χ0n) is 8.65. The van der Waals surface area contributed by atoms with Crippen LogP contribution in [-0.2, 0) is 0 Å². The van der Waals surface area contributed by atoms with Crippen molar-refractivity contribution in [2.24, 2.45) is 5.92 Å². The van der Waals surface area contributed by atoms with Crippen molar-refractivity contribution in [1.82, 2.24) is 15.0 Å². The Bertz CT molecular complexity index is 332. The maximum absolute atomic E-state index is 5.71. The fourth-order valence-electron chi connectivity index (χ4n) is 1.67. The fourth-order valence-corrected chi connectivity index (χ4v) is 1.83. The zero-order chi connectivity index (χ0) is 10.8. The molecule has 0 saturated heterocycles. The minimum absolute atomic E-state index is 0.151. The van der Waals surface area contributed by atoms with Crippen molar-refractivity contribution in [3.8, 4) is 0 Å². The molecule has 15 heavy (non-hydrogen) atoms. The summed E-state index contributed by atoms with van der Waals surface area (Å²) in [6.07, 6.45) is 3.91. The predicted molar refractivity (Wildman–Crippen MR) is 59.9 cm³/mol.